The minimum Gasteiger partial charge on any atom is -0.456 e. The predicted octanol–water partition coefficient (Wildman–Crippen LogP) is 13.2. The highest BCUT2D eigenvalue weighted by Crippen LogP contribution is 2.47. The topological polar surface area (TPSA) is 60.0 Å². The Balaban J connectivity index is 1.12. The number of hydrogen-bond acceptors (Lipinski definition) is 5. The number of rotatable bonds is 5. The Labute approximate surface area is 333 Å². The number of anilines is 2. The molecule has 0 fully saturated rings. The molecule has 12 rings (SSSR count). The summed E-state index contributed by atoms with van der Waals surface area (Å²) in [6.07, 6.45) is 0. The highest BCUT2D eigenvalue weighted by molar-refractivity contribution is 6.13. The normalized spacial score (nSPS) is 12.4. The lowest BCUT2D eigenvalue weighted by atomic mass is 9.91. The third-order valence-electron chi connectivity index (χ3n) is 11.5. The number of nitrogens with zero attached hydrogens (tertiary/aromatic N) is 5. The van der Waals surface area contributed by atoms with Gasteiger partial charge < -0.3 is 9.32 Å². The van der Waals surface area contributed by atoms with Gasteiger partial charge in [-0.2, -0.15) is 9.97 Å². The molecule has 0 aliphatic carbocycles. The van der Waals surface area contributed by atoms with E-state index in [9.17, 15) is 0 Å². The number of benzene rings is 8. The lowest BCUT2D eigenvalue weighted by molar-refractivity contribution is 0.669. The average Bonchev–Trinajstić information content (AvgIpc) is 3.83. The minimum absolute atomic E-state index is 0.546. The van der Waals surface area contributed by atoms with E-state index >= 15 is 0 Å². The van der Waals surface area contributed by atoms with Gasteiger partial charge in [0.1, 0.15) is 11.2 Å². The molecule has 8 aromatic carbocycles. The summed E-state index contributed by atoms with van der Waals surface area (Å²) >= 11 is 0. The van der Waals surface area contributed by atoms with Crippen LogP contribution in [-0.4, -0.2) is 19.5 Å². The standard InChI is InChI=1S/C52H33N5O/c1-3-14-33(15-4-1)34-17-13-18-35(28-34)50-53-51(36-26-27-42-41-23-10-12-25-48(41)58-49(42)29-36)55-52(54-50)57-45-24-11-9-22-40(45)44-30-46-43(31-47(44)57)39-21-8-7-16-37(39)32-56(46)38-19-5-2-6-20-38/h1-31H,32H2. The van der Waals surface area contributed by atoms with Crippen molar-refractivity contribution >= 4 is 55.1 Å². The van der Waals surface area contributed by atoms with Crippen molar-refractivity contribution in [1.82, 2.24) is 19.5 Å². The molecule has 6 nitrogen and oxygen atoms in total. The van der Waals surface area contributed by atoms with Crippen molar-refractivity contribution in [2.45, 2.75) is 6.54 Å². The molecule has 4 heterocycles. The number of para-hydroxylation sites is 3. The average molecular weight is 744 g/mol. The predicted molar refractivity (Wildman–Crippen MR) is 235 cm³/mol. The zero-order valence-electron chi connectivity index (χ0n) is 31.2. The van der Waals surface area contributed by atoms with E-state index in [4.69, 9.17) is 19.4 Å². The molecule has 1 aliphatic rings. The van der Waals surface area contributed by atoms with Gasteiger partial charge >= 0.3 is 0 Å². The first-order valence-corrected chi connectivity index (χ1v) is 19.6. The second kappa shape index (κ2) is 12.9. The van der Waals surface area contributed by atoms with Crippen molar-refractivity contribution in [1.29, 1.82) is 0 Å². The van der Waals surface area contributed by atoms with Crippen LogP contribution in [0.4, 0.5) is 11.4 Å². The molecule has 1 aliphatic heterocycles. The molecule has 11 aromatic rings. The maximum absolute atomic E-state index is 6.35. The van der Waals surface area contributed by atoms with E-state index in [1.165, 1.54) is 22.4 Å². The summed E-state index contributed by atoms with van der Waals surface area (Å²) in [4.78, 5) is 18.3. The van der Waals surface area contributed by atoms with Crippen LogP contribution < -0.4 is 4.90 Å². The Bertz CT molecular complexity index is 3390. The molecular formula is C52H33N5O. The number of hydrogen-bond donors (Lipinski definition) is 0. The number of furan rings is 1. The van der Waals surface area contributed by atoms with Crippen LogP contribution >= 0.6 is 0 Å². The van der Waals surface area contributed by atoms with Gasteiger partial charge in [-0.1, -0.05) is 133 Å². The molecular weight excluding hydrogens is 711 g/mol. The van der Waals surface area contributed by atoms with Crippen LogP contribution in [0.15, 0.2) is 192 Å². The zero-order chi connectivity index (χ0) is 38.2. The summed E-state index contributed by atoms with van der Waals surface area (Å²) < 4.78 is 8.57. The van der Waals surface area contributed by atoms with Gasteiger partial charge in [0.05, 0.1) is 16.7 Å². The van der Waals surface area contributed by atoms with E-state index in [-0.39, 0.29) is 0 Å². The van der Waals surface area contributed by atoms with Gasteiger partial charge in [0.25, 0.3) is 0 Å². The highest BCUT2D eigenvalue weighted by Gasteiger charge is 2.27. The van der Waals surface area contributed by atoms with Gasteiger partial charge in [-0.05, 0) is 76.9 Å². The summed E-state index contributed by atoms with van der Waals surface area (Å²) in [6, 6.07) is 65.9. The van der Waals surface area contributed by atoms with Crippen molar-refractivity contribution in [3.05, 3.63) is 194 Å². The van der Waals surface area contributed by atoms with E-state index < -0.39 is 0 Å². The van der Waals surface area contributed by atoms with Crippen molar-refractivity contribution in [3.63, 3.8) is 0 Å². The van der Waals surface area contributed by atoms with Crippen LogP contribution in [0.1, 0.15) is 5.56 Å². The number of fused-ring (bicyclic) bond motifs is 9. The fraction of sp³-hybridized carbons (Fsp3) is 0.0192. The summed E-state index contributed by atoms with van der Waals surface area (Å²) in [5.74, 6) is 1.70. The van der Waals surface area contributed by atoms with Gasteiger partial charge in [0.15, 0.2) is 11.6 Å². The second-order valence-corrected chi connectivity index (χ2v) is 14.9. The maximum atomic E-state index is 6.35. The molecule has 3 aromatic heterocycles. The van der Waals surface area contributed by atoms with Crippen LogP contribution in [0.25, 0.3) is 94.7 Å². The van der Waals surface area contributed by atoms with Gasteiger partial charge in [0.2, 0.25) is 5.95 Å². The quantitative estimate of drug-likeness (QED) is 0.176. The first-order valence-electron chi connectivity index (χ1n) is 19.6. The Morgan fingerprint density at radius 2 is 1.09 bits per heavy atom. The summed E-state index contributed by atoms with van der Waals surface area (Å²) in [5, 5.41) is 4.40. The lowest BCUT2D eigenvalue weighted by Gasteiger charge is -2.33. The van der Waals surface area contributed by atoms with Gasteiger partial charge in [-0.25, -0.2) is 4.98 Å². The van der Waals surface area contributed by atoms with Crippen molar-refractivity contribution in [2.24, 2.45) is 0 Å². The van der Waals surface area contributed by atoms with Crippen molar-refractivity contribution in [3.8, 4) is 51.0 Å². The van der Waals surface area contributed by atoms with E-state index in [2.05, 4.69) is 173 Å². The maximum Gasteiger partial charge on any atom is 0.238 e. The molecule has 0 N–H and O–H groups in total. The Hall–Kier alpha value is -7.83. The van der Waals surface area contributed by atoms with Crippen LogP contribution in [0.5, 0.6) is 0 Å². The van der Waals surface area contributed by atoms with Crippen molar-refractivity contribution < 1.29 is 4.42 Å². The molecule has 0 atom stereocenters. The third-order valence-corrected chi connectivity index (χ3v) is 11.5. The largest absolute Gasteiger partial charge is 0.456 e. The smallest absolute Gasteiger partial charge is 0.238 e. The Morgan fingerprint density at radius 1 is 0.414 bits per heavy atom. The fourth-order valence-electron chi connectivity index (χ4n) is 8.73. The van der Waals surface area contributed by atoms with Crippen LogP contribution in [0.3, 0.4) is 0 Å². The fourth-order valence-corrected chi connectivity index (χ4v) is 8.73. The SMILES string of the molecule is c1ccc(-c2cccc(-c3nc(-c4ccc5c(c4)oc4ccccc45)nc(-n4c5ccccc5c5cc6c(cc54)-c4ccccc4CN6c4ccccc4)n3)c2)cc1. The van der Waals surface area contributed by atoms with E-state index in [0.29, 0.717) is 17.6 Å². The molecule has 272 valence electrons. The van der Waals surface area contributed by atoms with E-state index in [0.717, 1.165) is 78.2 Å². The lowest BCUT2D eigenvalue weighted by Crippen LogP contribution is -2.21. The van der Waals surface area contributed by atoms with Crippen LogP contribution in [0.2, 0.25) is 0 Å². The van der Waals surface area contributed by atoms with Crippen LogP contribution in [-0.2, 0) is 6.54 Å². The zero-order valence-corrected chi connectivity index (χ0v) is 31.2. The number of aromatic nitrogens is 4. The second-order valence-electron chi connectivity index (χ2n) is 14.9. The van der Waals surface area contributed by atoms with Gasteiger partial charge in [-0.3, -0.25) is 4.57 Å². The minimum atomic E-state index is 0.546. The Kier molecular flexibility index (Phi) is 7.19. The van der Waals surface area contributed by atoms with Crippen molar-refractivity contribution in [2.75, 3.05) is 4.90 Å². The summed E-state index contributed by atoms with van der Waals surface area (Å²) in [5.41, 5.74) is 13.7. The van der Waals surface area contributed by atoms with Gasteiger partial charge in [-0.15, -0.1) is 0 Å². The monoisotopic (exact) mass is 743 g/mol. The molecule has 6 heteroatoms. The molecule has 0 unspecified atom stereocenters. The van der Waals surface area contributed by atoms with Crippen LogP contribution in [0, 0.1) is 0 Å². The molecule has 0 radical (unpaired) electrons. The van der Waals surface area contributed by atoms with E-state index in [1.807, 2.05) is 24.3 Å². The first kappa shape index (κ1) is 32.4. The molecule has 0 amide bonds. The first-order chi connectivity index (χ1) is 28.7. The summed E-state index contributed by atoms with van der Waals surface area (Å²) in [7, 11) is 0. The Morgan fingerprint density at radius 3 is 1.95 bits per heavy atom. The third kappa shape index (κ3) is 5.16. The highest BCUT2D eigenvalue weighted by atomic mass is 16.3. The summed E-state index contributed by atoms with van der Waals surface area (Å²) in [6.45, 7) is 0.787. The molecule has 0 saturated heterocycles. The molecule has 0 spiro atoms. The molecule has 58 heavy (non-hydrogen) atoms. The van der Waals surface area contributed by atoms with Gasteiger partial charge in [0, 0.05) is 50.5 Å². The molecule has 0 bridgehead atoms. The molecule has 0 saturated carbocycles. The van der Waals surface area contributed by atoms with E-state index in [1.54, 1.807) is 0 Å².